The van der Waals surface area contributed by atoms with Gasteiger partial charge in [0.1, 0.15) is 0 Å². The van der Waals surface area contributed by atoms with E-state index in [0.717, 1.165) is 16.9 Å². The molecule has 0 radical (unpaired) electrons. The second-order valence-electron chi connectivity index (χ2n) is 5.99. The number of aliphatic hydroxyl groups excluding tert-OH is 1. The SMILES string of the molecule is O=C(NCC(O)Cc1ccccc1)c1ccc(Nc2ccncc2)cc1. The molecular weight excluding hydrogens is 326 g/mol. The van der Waals surface area contributed by atoms with Crippen LogP contribution in [-0.4, -0.2) is 28.6 Å². The molecule has 0 fully saturated rings. The minimum Gasteiger partial charge on any atom is -0.391 e. The summed E-state index contributed by atoms with van der Waals surface area (Å²) in [5, 5.41) is 16.1. The monoisotopic (exact) mass is 347 g/mol. The molecule has 0 aliphatic carbocycles. The highest BCUT2D eigenvalue weighted by Gasteiger charge is 2.10. The van der Waals surface area contributed by atoms with Gasteiger partial charge in [0.05, 0.1) is 6.10 Å². The zero-order valence-corrected chi connectivity index (χ0v) is 14.3. The van der Waals surface area contributed by atoms with E-state index in [0.29, 0.717) is 12.0 Å². The van der Waals surface area contributed by atoms with Gasteiger partial charge in [-0.2, -0.15) is 0 Å². The topological polar surface area (TPSA) is 74.2 Å². The van der Waals surface area contributed by atoms with Crippen LogP contribution in [0.2, 0.25) is 0 Å². The maximum atomic E-state index is 12.2. The van der Waals surface area contributed by atoms with E-state index in [9.17, 15) is 9.90 Å². The van der Waals surface area contributed by atoms with Crippen LogP contribution in [0.25, 0.3) is 0 Å². The van der Waals surface area contributed by atoms with E-state index in [1.807, 2.05) is 54.6 Å². The summed E-state index contributed by atoms with van der Waals surface area (Å²) in [4.78, 5) is 16.2. The van der Waals surface area contributed by atoms with Crippen LogP contribution >= 0.6 is 0 Å². The molecule has 1 atom stereocenters. The van der Waals surface area contributed by atoms with Crippen molar-refractivity contribution < 1.29 is 9.90 Å². The molecular formula is C21H21N3O2. The van der Waals surface area contributed by atoms with Crippen molar-refractivity contribution in [2.24, 2.45) is 0 Å². The molecule has 0 spiro atoms. The van der Waals surface area contributed by atoms with Gasteiger partial charge >= 0.3 is 0 Å². The Kier molecular flexibility index (Phi) is 5.96. The minimum absolute atomic E-state index is 0.201. The van der Waals surface area contributed by atoms with Gasteiger partial charge in [0, 0.05) is 42.3 Å². The molecule has 5 heteroatoms. The Labute approximate surface area is 152 Å². The van der Waals surface area contributed by atoms with E-state index in [1.54, 1.807) is 24.5 Å². The first-order valence-electron chi connectivity index (χ1n) is 8.48. The Bertz CT molecular complexity index is 821. The number of pyridine rings is 1. The Morgan fingerprint density at radius 2 is 1.58 bits per heavy atom. The Morgan fingerprint density at radius 3 is 2.27 bits per heavy atom. The van der Waals surface area contributed by atoms with E-state index in [1.165, 1.54) is 0 Å². The number of hydrogen-bond acceptors (Lipinski definition) is 4. The van der Waals surface area contributed by atoms with Gasteiger partial charge in [-0.05, 0) is 42.0 Å². The maximum Gasteiger partial charge on any atom is 0.251 e. The van der Waals surface area contributed by atoms with Crippen LogP contribution < -0.4 is 10.6 Å². The molecule has 5 nitrogen and oxygen atoms in total. The molecule has 26 heavy (non-hydrogen) atoms. The van der Waals surface area contributed by atoms with E-state index in [2.05, 4.69) is 15.6 Å². The third-order valence-corrected chi connectivity index (χ3v) is 3.93. The summed E-state index contributed by atoms with van der Waals surface area (Å²) in [6.07, 6.45) is 3.32. The van der Waals surface area contributed by atoms with Crippen LogP contribution in [0.4, 0.5) is 11.4 Å². The average Bonchev–Trinajstić information content (AvgIpc) is 2.68. The Hall–Kier alpha value is -3.18. The zero-order valence-electron chi connectivity index (χ0n) is 14.3. The van der Waals surface area contributed by atoms with E-state index in [4.69, 9.17) is 0 Å². The van der Waals surface area contributed by atoms with Gasteiger partial charge in [0.2, 0.25) is 0 Å². The third-order valence-electron chi connectivity index (χ3n) is 3.93. The van der Waals surface area contributed by atoms with E-state index < -0.39 is 6.10 Å². The van der Waals surface area contributed by atoms with Crippen molar-refractivity contribution in [1.82, 2.24) is 10.3 Å². The maximum absolute atomic E-state index is 12.2. The molecule has 0 bridgehead atoms. The van der Waals surface area contributed by atoms with Crippen molar-refractivity contribution in [1.29, 1.82) is 0 Å². The number of aliphatic hydroxyl groups is 1. The van der Waals surface area contributed by atoms with Crippen LogP contribution in [-0.2, 0) is 6.42 Å². The number of carbonyl (C=O) groups is 1. The Balaban J connectivity index is 1.50. The number of nitrogens with zero attached hydrogens (tertiary/aromatic N) is 1. The largest absolute Gasteiger partial charge is 0.391 e. The molecule has 0 saturated heterocycles. The molecule has 3 rings (SSSR count). The fraction of sp³-hybridized carbons (Fsp3) is 0.143. The highest BCUT2D eigenvalue weighted by atomic mass is 16.3. The van der Waals surface area contributed by atoms with Crippen molar-refractivity contribution in [2.45, 2.75) is 12.5 Å². The van der Waals surface area contributed by atoms with Crippen LogP contribution in [0.5, 0.6) is 0 Å². The summed E-state index contributed by atoms with van der Waals surface area (Å²) >= 11 is 0. The number of rotatable bonds is 7. The van der Waals surface area contributed by atoms with Crippen molar-refractivity contribution in [3.8, 4) is 0 Å². The number of nitrogens with one attached hydrogen (secondary N) is 2. The van der Waals surface area contributed by atoms with E-state index in [-0.39, 0.29) is 12.5 Å². The van der Waals surface area contributed by atoms with Gasteiger partial charge in [-0.3, -0.25) is 9.78 Å². The summed E-state index contributed by atoms with van der Waals surface area (Å²) in [5.74, 6) is -0.201. The first-order valence-corrected chi connectivity index (χ1v) is 8.48. The quantitative estimate of drug-likeness (QED) is 0.614. The van der Waals surface area contributed by atoms with Crippen LogP contribution in [0.15, 0.2) is 79.1 Å². The molecule has 2 aromatic carbocycles. The first-order chi connectivity index (χ1) is 12.7. The van der Waals surface area contributed by atoms with Gasteiger partial charge in [-0.1, -0.05) is 30.3 Å². The van der Waals surface area contributed by atoms with Gasteiger partial charge in [0.15, 0.2) is 0 Å². The summed E-state index contributed by atoms with van der Waals surface area (Å²) in [6, 6.07) is 20.6. The lowest BCUT2D eigenvalue weighted by molar-refractivity contribution is 0.0916. The van der Waals surface area contributed by atoms with Crippen LogP contribution in [0, 0.1) is 0 Å². The summed E-state index contributed by atoms with van der Waals surface area (Å²) in [6.45, 7) is 0.213. The standard InChI is InChI=1S/C21H21N3O2/c25-20(14-16-4-2-1-3-5-16)15-23-21(26)17-6-8-18(9-7-17)24-19-10-12-22-13-11-19/h1-13,20,25H,14-15H2,(H,22,24)(H,23,26). The minimum atomic E-state index is -0.617. The van der Waals surface area contributed by atoms with Gasteiger partial charge in [-0.25, -0.2) is 0 Å². The highest BCUT2D eigenvalue weighted by Crippen LogP contribution is 2.16. The molecule has 1 heterocycles. The zero-order chi connectivity index (χ0) is 18.2. The smallest absolute Gasteiger partial charge is 0.251 e. The molecule has 132 valence electrons. The lowest BCUT2D eigenvalue weighted by atomic mass is 10.1. The summed E-state index contributed by atoms with van der Waals surface area (Å²) in [7, 11) is 0. The molecule has 1 aromatic heterocycles. The third kappa shape index (κ3) is 5.16. The van der Waals surface area contributed by atoms with Gasteiger partial charge in [-0.15, -0.1) is 0 Å². The summed E-state index contributed by atoms with van der Waals surface area (Å²) in [5.41, 5.74) is 3.41. The molecule has 3 N–H and O–H groups in total. The highest BCUT2D eigenvalue weighted by molar-refractivity contribution is 5.94. The average molecular weight is 347 g/mol. The number of hydrogen-bond donors (Lipinski definition) is 3. The molecule has 0 aliphatic rings. The molecule has 0 saturated carbocycles. The molecule has 0 aliphatic heterocycles. The van der Waals surface area contributed by atoms with E-state index >= 15 is 0 Å². The predicted octanol–water partition coefficient (Wildman–Crippen LogP) is 3.16. The van der Waals surface area contributed by atoms with Crippen LogP contribution in [0.3, 0.4) is 0 Å². The van der Waals surface area contributed by atoms with Crippen LogP contribution in [0.1, 0.15) is 15.9 Å². The first kappa shape index (κ1) is 17.6. The van der Waals surface area contributed by atoms with Crippen molar-refractivity contribution in [2.75, 3.05) is 11.9 Å². The fourth-order valence-corrected chi connectivity index (χ4v) is 2.58. The second kappa shape index (κ2) is 8.78. The number of aromatic nitrogens is 1. The number of carbonyl (C=O) groups excluding carboxylic acids is 1. The van der Waals surface area contributed by atoms with Gasteiger partial charge < -0.3 is 15.7 Å². The summed E-state index contributed by atoms with van der Waals surface area (Å²) < 4.78 is 0. The lowest BCUT2D eigenvalue weighted by Gasteiger charge is -2.12. The molecule has 1 unspecified atom stereocenters. The molecule has 3 aromatic rings. The molecule has 1 amide bonds. The van der Waals surface area contributed by atoms with Crippen molar-refractivity contribution in [3.63, 3.8) is 0 Å². The van der Waals surface area contributed by atoms with Crippen molar-refractivity contribution >= 4 is 17.3 Å². The lowest BCUT2D eigenvalue weighted by Crippen LogP contribution is -2.33. The predicted molar refractivity (Wildman–Crippen MR) is 102 cm³/mol. The number of anilines is 2. The number of benzene rings is 2. The number of amides is 1. The Morgan fingerprint density at radius 1 is 0.923 bits per heavy atom. The normalized spacial score (nSPS) is 11.6. The van der Waals surface area contributed by atoms with Gasteiger partial charge in [0.25, 0.3) is 5.91 Å². The fourth-order valence-electron chi connectivity index (χ4n) is 2.58. The van der Waals surface area contributed by atoms with Crippen molar-refractivity contribution in [3.05, 3.63) is 90.3 Å². The second-order valence-corrected chi connectivity index (χ2v) is 5.99.